The smallest absolute Gasteiger partial charge is 0.267 e. The third-order valence-electron chi connectivity index (χ3n) is 3.62. The molecule has 6 nitrogen and oxygen atoms in total. The van der Waals surface area contributed by atoms with Crippen LogP contribution in [0, 0.1) is 10.1 Å². The lowest BCUT2D eigenvalue weighted by Gasteiger charge is -2.13. The average molecular weight is 376 g/mol. The number of non-ortho nitro benzene ring substituents is 1. The van der Waals surface area contributed by atoms with E-state index in [0.29, 0.717) is 32.6 Å². The molecule has 0 radical (unpaired) electrons. The minimum atomic E-state index is -0.478. The fourth-order valence-electron chi connectivity index (χ4n) is 2.36. The van der Waals surface area contributed by atoms with Gasteiger partial charge < -0.3 is 0 Å². The molecule has 0 aromatic heterocycles. The lowest BCUT2D eigenvalue weighted by Crippen LogP contribution is -2.21. The first-order valence-corrected chi connectivity index (χ1v) is 7.93. The Balaban J connectivity index is 1.93. The van der Waals surface area contributed by atoms with Crippen LogP contribution in [0.1, 0.15) is 12.5 Å². The van der Waals surface area contributed by atoms with E-state index in [0.717, 1.165) is 0 Å². The number of rotatable bonds is 3. The SMILES string of the molecule is CC1=NN(c2ccc(Cl)cc2Cl)C(=O)/C1=C\c1ccc([N+](=O)[O-])cc1. The summed E-state index contributed by atoms with van der Waals surface area (Å²) in [7, 11) is 0. The Kier molecular flexibility index (Phi) is 4.57. The largest absolute Gasteiger partial charge is 0.280 e. The van der Waals surface area contributed by atoms with Gasteiger partial charge in [-0.05, 0) is 48.9 Å². The Morgan fingerprint density at radius 3 is 2.44 bits per heavy atom. The van der Waals surface area contributed by atoms with Crippen LogP contribution >= 0.6 is 23.2 Å². The van der Waals surface area contributed by atoms with Crippen molar-refractivity contribution in [2.45, 2.75) is 6.92 Å². The molecule has 0 N–H and O–H groups in total. The Bertz CT molecular complexity index is 937. The molecule has 25 heavy (non-hydrogen) atoms. The second-order valence-electron chi connectivity index (χ2n) is 5.30. The number of halogens is 2. The monoisotopic (exact) mass is 375 g/mol. The molecular formula is C17H11Cl2N3O3. The minimum absolute atomic E-state index is 0.0140. The standard InChI is InChI=1S/C17H11Cl2N3O3/c1-10-14(8-11-2-5-13(6-3-11)22(24)25)17(23)21(20-10)16-7-4-12(18)9-15(16)19/h2-9H,1H3/b14-8-. The van der Waals surface area contributed by atoms with E-state index in [-0.39, 0.29) is 11.6 Å². The molecule has 0 unspecified atom stereocenters. The summed E-state index contributed by atoms with van der Waals surface area (Å²) in [6, 6.07) is 10.7. The van der Waals surface area contributed by atoms with Crippen LogP contribution < -0.4 is 5.01 Å². The highest BCUT2D eigenvalue weighted by atomic mass is 35.5. The first kappa shape index (κ1) is 17.1. The molecule has 0 atom stereocenters. The lowest BCUT2D eigenvalue weighted by molar-refractivity contribution is -0.384. The van der Waals surface area contributed by atoms with Crippen LogP contribution in [0.5, 0.6) is 0 Å². The van der Waals surface area contributed by atoms with Gasteiger partial charge in [-0.2, -0.15) is 10.1 Å². The van der Waals surface area contributed by atoms with Gasteiger partial charge in [0.1, 0.15) is 0 Å². The molecule has 0 saturated heterocycles. The van der Waals surface area contributed by atoms with Gasteiger partial charge in [-0.1, -0.05) is 23.2 Å². The Morgan fingerprint density at radius 2 is 1.84 bits per heavy atom. The molecule has 1 aliphatic heterocycles. The number of hydrogen-bond acceptors (Lipinski definition) is 4. The number of carbonyl (C=O) groups excluding carboxylic acids is 1. The number of amides is 1. The number of anilines is 1. The fraction of sp³-hybridized carbons (Fsp3) is 0.0588. The molecule has 3 rings (SSSR count). The van der Waals surface area contributed by atoms with E-state index < -0.39 is 4.92 Å². The second kappa shape index (κ2) is 6.66. The van der Waals surface area contributed by atoms with Gasteiger partial charge in [0.15, 0.2) is 0 Å². The fourth-order valence-corrected chi connectivity index (χ4v) is 2.85. The lowest BCUT2D eigenvalue weighted by atomic mass is 10.1. The Labute approximate surface area is 153 Å². The molecular weight excluding hydrogens is 365 g/mol. The second-order valence-corrected chi connectivity index (χ2v) is 6.15. The summed E-state index contributed by atoms with van der Waals surface area (Å²) in [5, 5.41) is 16.9. The van der Waals surface area contributed by atoms with E-state index >= 15 is 0 Å². The van der Waals surface area contributed by atoms with Gasteiger partial charge in [0.25, 0.3) is 11.6 Å². The van der Waals surface area contributed by atoms with Crippen LogP contribution in [0.4, 0.5) is 11.4 Å². The maximum absolute atomic E-state index is 12.7. The summed E-state index contributed by atoms with van der Waals surface area (Å²) in [6.07, 6.45) is 1.63. The number of nitro benzene ring substituents is 1. The molecule has 0 bridgehead atoms. The highest BCUT2D eigenvalue weighted by Gasteiger charge is 2.30. The molecule has 0 fully saturated rings. The summed E-state index contributed by atoms with van der Waals surface area (Å²) in [6.45, 7) is 1.71. The van der Waals surface area contributed by atoms with Gasteiger partial charge in [0.05, 0.1) is 26.9 Å². The summed E-state index contributed by atoms with van der Waals surface area (Å²) in [4.78, 5) is 22.9. The highest BCUT2D eigenvalue weighted by molar-refractivity contribution is 6.38. The van der Waals surface area contributed by atoms with Crippen molar-refractivity contribution in [3.63, 3.8) is 0 Å². The zero-order valence-corrected chi connectivity index (χ0v) is 14.5. The summed E-state index contributed by atoms with van der Waals surface area (Å²) < 4.78 is 0. The van der Waals surface area contributed by atoms with Gasteiger partial charge in [0, 0.05) is 17.2 Å². The molecule has 0 aliphatic carbocycles. The highest BCUT2D eigenvalue weighted by Crippen LogP contribution is 2.33. The third kappa shape index (κ3) is 3.40. The van der Waals surface area contributed by atoms with Gasteiger partial charge in [-0.15, -0.1) is 0 Å². The van der Waals surface area contributed by atoms with Crippen molar-refractivity contribution < 1.29 is 9.72 Å². The predicted octanol–water partition coefficient (Wildman–Crippen LogP) is 4.71. The first-order valence-electron chi connectivity index (χ1n) is 7.18. The van der Waals surface area contributed by atoms with Crippen LogP contribution in [-0.2, 0) is 4.79 Å². The van der Waals surface area contributed by atoms with Gasteiger partial charge in [0.2, 0.25) is 0 Å². The van der Waals surface area contributed by atoms with Crippen molar-refractivity contribution in [3.05, 3.63) is 73.8 Å². The third-order valence-corrected chi connectivity index (χ3v) is 4.15. The average Bonchev–Trinajstić information content (AvgIpc) is 2.83. The van der Waals surface area contributed by atoms with Crippen molar-refractivity contribution in [3.8, 4) is 0 Å². The zero-order chi connectivity index (χ0) is 18.1. The molecule has 8 heteroatoms. The van der Waals surface area contributed by atoms with Gasteiger partial charge in [-0.3, -0.25) is 14.9 Å². The topological polar surface area (TPSA) is 75.8 Å². The zero-order valence-electron chi connectivity index (χ0n) is 12.9. The Morgan fingerprint density at radius 1 is 1.16 bits per heavy atom. The molecule has 2 aromatic rings. The van der Waals surface area contributed by atoms with Crippen molar-refractivity contribution in [1.82, 2.24) is 0 Å². The maximum Gasteiger partial charge on any atom is 0.280 e. The minimum Gasteiger partial charge on any atom is -0.267 e. The quantitative estimate of drug-likeness (QED) is 0.442. The van der Waals surface area contributed by atoms with E-state index in [9.17, 15) is 14.9 Å². The van der Waals surface area contributed by atoms with Crippen molar-refractivity contribution in [2.24, 2.45) is 5.10 Å². The molecule has 126 valence electrons. The molecule has 1 amide bonds. The number of hydrazone groups is 1. The Hall–Kier alpha value is -2.70. The van der Waals surface area contributed by atoms with Crippen LogP contribution in [0.25, 0.3) is 6.08 Å². The van der Waals surface area contributed by atoms with E-state index in [1.54, 1.807) is 37.3 Å². The number of benzene rings is 2. The first-order chi connectivity index (χ1) is 11.9. The number of nitrogens with zero attached hydrogens (tertiary/aromatic N) is 3. The molecule has 0 spiro atoms. The molecule has 0 saturated carbocycles. The van der Waals surface area contributed by atoms with E-state index in [1.165, 1.54) is 23.2 Å². The van der Waals surface area contributed by atoms with Crippen LogP contribution in [0.15, 0.2) is 53.1 Å². The maximum atomic E-state index is 12.7. The molecule has 1 aliphatic rings. The normalized spacial score (nSPS) is 15.6. The van der Waals surface area contributed by atoms with Crippen molar-refractivity contribution in [1.29, 1.82) is 0 Å². The number of carbonyl (C=O) groups is 1. The number of hydrogen-bond donors (Lipinski definition) is 0. The summed E-state index contributed by atoms with van der Waals surface area (Å²) >= 11 is 12.0. The molecule has 1 heterocycles. The van der Waals surface area contributed by atoms with Crippen molar-refractivity contribution in [2.75, 3.05) is 5.01 Å². The number of nitro groups is 1. The summed E-state index contributed by atoms with van der Waals surface area (Å²) in [5.74, 6) is -0.333. The predicted molar refractivity (Wildman–Crippen MR) is 98.1 cm³/mol. The van der Waals surface area contributed by atoms with Crippen LogP contribution in [0.3, 0.4) is 0 Å². The van der Waals surface area contributed by atoms with Crippen LogP contribution in [0.2, 0.25) is 10.0 Å². The van der Waals surface area contributed by atoms with Crippen LogP contribution in [-0.4, -0.2) is 16.5 Å². The van der Waals surface area contributed by atoms with E-state index in [1.807, 2.05) is 0 Å². The molecule has 2 aromatic carbocycles. The van der Waals surface area contributed by atoms with E-state index in [4.69, 9.17) is 23.2 Å². The summed E-state index contributed by atoms with van der Waals surface area (Å²) in [5.41, 5.74) is 1.99. The van der Waals surface area contributed by atoms with Gasteiger partial charge >= 0.3 is 0 Å². The van der Waals surface area contributed by atoms with Gasteiger partial charge in [-0.25, -0.2) is 0 Å². The van der Waals surface area contributed by atoms with Crippen molar-refractivity contribution >= 4 is 52.3 Å². The van der Waals surface area contributed by atoms with E-state index in [2.05, 4.69) is 5.10 Å².